The van der Waals surface area contributed by atoms with E-state index in [2.05, 4.69) is 9.71 Å². The summed E-state index contributed by atoms with van der Waals surface area (Å²) in [4.78, 5) is 15.3. The van der Waals surface area contributed by atoms with Crippen LogP contribution in [-0.4, -0.2) is 36.7 Å². The number of carbonyl (C=O) groups is 1. The van der Waals surface area contributed by atoms with Gasteiger partial charge in [-0.2, -0.15) is 0 Å². The zero-order valence-electron chi connectivity index (χ0n) is 16.3. The van der Waals surface area contributed by atoms with E-state index in [9.17, 15) is 26.4 Å². The van der Waals surface area contributed by atoms with Crippen molar-refractivity contribution < 1.29 is 31.5 Å². The number of ketones is 1. The first kappa shape index (κ1) is 22.6. The average molecular weight is 452 g/mol. The number of carbonyl (C=O) groups excluding carboxylic acids is 1. The number of aromatic amines is 1. The maximum atomic E-state index is 14.6. The molecule has 3 rings (SSSR count). The normalized spacial score (nSPS) is 12.5. The molecular formula is C21H19F3N2O4S. The highest BCUT2D eigenvalue weighted by atomic mass is 32.2. The molecule has 0 radical (unpaired) electrons. The number of sulfonamides is 1. The lowest BCUT2D eigenvalue weighted by Gasteiger charge is -2.14. The number of nitrogens with one attached hydrogen (secondary N) is 2. The molecule has 0 spiro atoms. The summed E-state index contributed by atoms with van der Waals surface area (Å²) in [6.07, 6.45) is 0. The van der Waals surface area contributed by atoms with E-state index in [1.165, 1.54) is 18.2 Å². The summed E-state index contributed by atoms with van der Waals surface area (Å²) in [6.45, 7) is 1.11. The number of hydrogen-bond acceptors (Lipinski definition) is 4. The van der Waals surface area contributed by atoms with Crippen molar-refractivity contribution in [1.29, 1.82) is 0 Å². The van der Waals surface area contributed by atoms with Crippen LogP contribution in [0.2, 0.25) is 0 Å². The molecule has 2 aromatic carbocycles. The number of halogens is 3. The van der Waals surface area contributed by atoms with E-state index in [0.717, 1.165) is 18.2 Å². The van der Waals surface area contributed by atoms with Gasteiger partial charge in [-0.3, -0.25) is 9.52 Å². The number of aromatic nitrogens is 1. The molecule has 0 bridgehead atoms. The predicted octanol–water partition coefficient (Wildman–Crippen LogP) is 3.55. The Hall–Kier alpha value is -3.11. The first-order valence-electron chi connectivity index (χ1n) is 9.20. The van der Waals surface area contributed by atoms with Crippen molar-refractivity contribution in [1.82, 2.24) is 4.98 Å². The quantitative estimate of drug-likeness (QED) is 0.455. The molecule has 0 aliphatic heterocycles. The van der Waals surface area contributed by atoms with Crippen LogP contribution in [0, 0.1) is 17.5 Å². The fourth-order valence-electron chi connectivity index (χ4n) is 3.08. The van der Waals surface area contributed by atoms with Crippen LogP contribution in [-0.2, 0) is 10.0 Å². The zero-order chi connectivity index (χ0) is 22.8. The minimum Gasteiger partial charge on any atom is -0.395 e. The molecular weight excluding hydrogens is 433 g/mol. The third-order valence-corrected chi connectivity index (χ3v) is 5.96. The zero-order valence-corrected chi connectivity index (χ0v) is 17.1. The van der Waals surface area contributed by atoms with Crippen molar-refractivity contribution in [2.24, 2.45) is 0 Å². The second kappa shape index (κ2) is 8.94. The molecule has 6 nitrogen and oxygen atoms in total. The van der Waals surface area contributed by atoms with E-state index < -0.39 is 51.5 Å². The summed E-state index contributed by atoms with van der Waals surface area (Å²) in [5.41, 5.74) is 0.475. The number of anilines is 1. The van der Waals surface area contributed by atoms with Gasteiger partial charge in [-0.15, -0.1) is 0 Å². The third kappa shape index (κ3) is 5.15. The molecule has 1 atom stereocenters. The average Bonchev–Trinajstić information content (AvgIpc) is 3.17. The molecule has 1 heterocycles. The molecule has 0 amide bonds. The SMILES string of the molecule is CC(c1ccc(C(=O)c2ccc(F)cc2F)[nH]1)c1ccc(NS(=O)(=O)CCO)cc1F. The predicted molar refractivity (Wildman–Crippen MR) is 109 cm³/mol. The van der Waals surface area contributed by atoms with Gasteiger partial charge in [0, 0.05) is 17.7 Å². The van der Waals surface area contributed by atoms with Gasteiger partial charge >= 0.3 is 0 Å². The maximum absolute atomic E-state index is 14.6. The van der Waals surface area contributed by atoms with E-state index in [1.54, 1.807) is 13.0 Å². The molecule has 10 heteroatoms. The molecule has 0 saturated carbocycles. The van der Waals surface area contributed by atoms with Crippen molar-refractivity contribution in [3.63, 3.8) is 0 Å². The highest BCUT2D eigenvalue weighted by molar-refractivity contribution is 7.92. The van der Waals surface area contributed by atoms with Crippen LogP contribution in [0.25, 0.3) is 0 Å². The van der Waals surface area contributed by atoms with Gasteiger partial charge in [0.25, 0.3) is 0 Å². The Morgan fingerprint density at radius 3 is 2.45 bits per heavy atom. The van der Waals surface area contributed by atoms with Gasteiger partial charge < -0.3 is 10.1 Å². The number of aliphatic hydroxyl groups excluding tert-OH is 1. The highest BCUT2D eigenvalue weighted by Crippen LogP contribution is 2.28. The standard InChI is InChI=1S/C21H19F3N2O4S/c1-12(15-5-3-14(11-18(15)24)26-31(29,30)9-8-27)19-6-7-20(25-19)21(28)16-4-2-13(22)10-17(16)23/h2-7,10-12,25-27H,8-9H2,1H3. The van der Waals surface area contributed by atoms with Crippen LogP contribution in [0.3, 0.4) is 0 Å². The Kier molecular flexibility index (Phi) is 6.51. The van der Waals surface area contributed by atoms with Crippen LogP contribution in [0.4, 0.5) is 18.9 Å². The van der Waals surface area contributed by atoms with Crippen molar-refractivity contribution in [3.8, 4) is 0 Å². The summed E-state index contributed by atoms with van der Waals surface area (Å²) >= 11 is 0. The van der Waals surface area contributed by atoms with Crippen molar-refractivity contribution in [2.75, 3.05) is 17.1 Å². The molecule has 164 valence electrons. The fraction of sp³-hybridized carbons (Fsp3) is 0.190. The molecule has 0 fully saturated rings. The number of benzene rings is 2. The number of aliphatic hydroxyl groups is 1. The molecule has 0 saturated heterocycles. The first-order chi connectivity index (χ1) is 14.6. The van der Waals surface area contributed by atoms with Crippen LogP contribution in [0.5, 0.6) is 0 Å². The molecule has 1 unspecified atom stereocenters. The minimum absolute atomic E-state index is 0.0102. The van der Waals surface area contributed by atoms with Crippen molar-refractivity contribution in [3.05, 3.63) is 88.5 Å². The van der Waals surface area contributed by atoms with E-state index in [0.29, 0.717) is 11.8 Å². The third-order valence-electron chi connectivity index (χ3n) is 4.70. The Morgan fingerprint density at radius 1 is 1.06 bits per heavy atom. The van der Waals surface area contributed by atoms with Crippen LogP contribution < -0.4 is 4.72 Å². The molecule has 3 aromatic rings. The number of rotatable bonds is 8. The summed E-state index contributed by atoms with van der Waals surface area (Å²) < 4.78 is 67.1. The lowest BCUT2D eigenvalue weighted by atomic mass is 9.97. The van der Waals surface area contributed by atoms with E-state index >= 15 is 0 Å². The Balaban J connectivity index is 1.82. The van der Waals surface area contributed by atoms with Gasteiger partial charge in [0.05, 0.1) is 29.3 Å². The van der Waals surface area contributed by atoms with E-state index in [4.69, 9.17) is 5.11 Å². The summed E-state index contributed by atoms with van der Waals surface area (Å²) in [5, 5.41) is 8.76. The highest BCUT2D eigenvalue weighted by Gasteiger charge is 2.20. The van der Waals surface area contributed by atoms with Gasteiger partial charge in [0.15, 0.2) is 0 Å². The van der Waals surface area contributed by atoms with E-state index in [1.807, 2.05) is 0 Å². The van der Waals surface area contributed by atoms with Crippen LogP contribution in [0.15, 0.2) is 48.5 Å². The summed E-state index contributed by atoms with van der Waals surface area (Å²) in [6, 6.07) is 9.42. The second-order valence-electron chi connectivity index (χ2n) is 6.88. The smallest absolute Gasteiger partial charge is 0.234 e. The number of H-pyrrole nitrogens is 1. The lowest BCUT2D eigenvalue weighted by molar-refractivity contribution is 0.103. The fourth-order valence-corrected chi connectivity index (χ4v) is 3.90. The van der Waals surface area contributed by atoms with Gasteiger partial charge in [0.2, 0.25) is 15.8 Å². The van der Waals surface area contributed by atoms with Crippen LogP contribution >= 0.6 is 0 Å². The Bertz CT molecular complexity index is 1230. The van der Waals surface area contributed by atoms with Gasteiger partial charge in [-0.1, -0.05) is 13.0 Å². The molecule has 0 aliphatic rings. The molecule has 3 N–H and O–H groups in total. The van der Waals surface area contributed by atoms with E-state index in [-0.39, 0.29) is 22.5 Å². The Morgan fingerprint density at radius 2 is 1.81 bits per heavy atom. The topological polar surface area (TPSA) is 99.3 Å². The molecule has 31 heavy (non-hydrogen) atoms. The van der Waals surface area contributed by atoms with Gasteiger partial charge in [-0.05, 0) is 42.0 Å². The molecule has 0 aliphatic carbocycles. The number of hydrogen-bond donors (Lipinski definition) is 3. The maximum Gasteiger partial charge on any atom is 0.234 e. The summed E-state index contributed by atoms with van der Waals surface area (Å²) in [7, 11) is -3.79. The van der Waals surface area contributed by atoms with Gasteiger partial charge in [0.1, 0.15) is 17.5 Å². The Labute approximate surface area is 176 Å². The second-order valence-corrected chi connectivity index (χ2v) is 8.73. The lowest BCUT2D eigenvalue weighted by Crippen LogP contribution is -2.19. The monoisotopic (exact) mass is 452 g/mol. The first-order valence-corrected chi connectivity index (χ1v) is 10.9. The minimum atomic E-state index is -3.79. The van der Waals surface area contributed by atoms with Crippen molar-refractivity contribution >= 4 is 21.5 Å². The van der Waals surface area contributed by atoms with Crippen molar-refractivity contribution in [2.45, 2.75) is 12.8 Å². The largest absolute Gasteiger partial charge is 0.395 e. The molecule has 1 aromatic heterocycles. The van der Waals surface area contributed by atoms with Gasteiger partial charge in [-0.25, -0.2) is 21.6 Å². The summed E-state index contributed by atoms with van der Waals surface area (Å²) in [5.74, 6) is -4.19. The van der Waals surface area contributed by atoms with Crippen LogP contribution in [0.1, 0.15) is 40.2 Å².